The Morgan fingerprint density at radius 1 is 0.722 bits per heavy atom. The van der Waals surface area contributed by atoms with E-state index in [1.807, 2.05) is 10.8 Å². The number of hydrogen-bond donors (Lipinski definition) is 0. The SMILES string of the molecule is C1=Cc2cc3cc4ccccc4cc3cc2SS1. The lowest BCUT2D eigenvalue weighted by Gasteiger charge is -2.11. The first-order chi connectivity index (χ1) is 8.90. The zero-order valence-corrected chi connectivity index (χ0v) is 11.2. The highest BCUT2D eigenvalue weighted by molar-refractivity contribution is 8.78. The van der Waals surface area contributed by atoms with Crippen molar-refractivity contribution in [3.63, 3.8) is 0 Å². The van der Waals surface area contributed by atoms with E-state index < -0.39 is 0 Å². The average Bonchev–Trinajstić information content (AvgIpc) is 2.42. The molecule has 0 aliphatic carbocycles. The lowest BCUT2D eigenvalue weighted by atomic mass is 10.0. The fourth-order valence-electron chi connectivity index (χ4n) is 2.37. The Morgan fingerprint density at radius 2 is 1.44 bits per heavy atom. The van der Waals surface area contributed by atoms with Crippen LogP contribution in [0.2, 0.25) is 0 Å². The molecular weight excluding hydrogens is 256 g/mol. The summed E-state index contributed by atoms with van der Waals surface area (Å²) in [6.07, 6.45) is 2.20. The molecule has 0 saturated carbocycles. The maximum absolute atomic E-state index is 2.30. The molecule has 0 saturated heterocycles. The van der Waals surface area contributed by atoms with Crippen LogP contribution in [0.5, 0.6) is 0 Å². The summed E-state index contributed by atoms with van der Waals surface area (Å²) in [6, 6.07) is 17.7. The predicted molar refractivity (Wildman–Crippen MR) is 83.9 cm³/mol. The van der Waals surface area contributed by atoms with Gasteiger partial charge in [0.2, 0.25) is 0 Å². The summed E-state index contributed by atoms with van der Waals surface area (Å²) in [4.78, 5) is 1.37. The van der Waals surface area contributed by atoms with Gasteiger partial charge in [-0.2, -0.15) is 0 Å². The highest BCUT2D eigenvalue weighted by atomic mass is 33.1. The third kappa shape index (κ3) is 1.64. The van der Waals surface area contributed by atoms with Crippen molar-refractivity contribution < 1.29 is 0 Å². The van der Waals surface area contributed by atoms with Gasteiger partial charge >= 0.3 is 0 Å². The zero-order valence-electron chi connectivity index (χ0n) is 9.59. The summed E-state index contributed by atoms with van der Waals surface area (Å²) in [6.45, 7) is 0. The first-order valence-corrected chi connectivity index (χ1v) is 8.08. The van der Waals surface area contributed by atoms with Gasteiger partial charge in [-0.3, -0.25) is 0 Å². The van der Waals surface area contributed by atoms with Crippen molar-refractivity contribution in [3.05, 3.63) is 59.5 Å². The molecule has 86 valence electrons. The maximum Gasteiger partial charge on any atom is 0.0265 e. The summed E-state index contributed by atoms with van der Waals surface area (Å²) >= 11 is 0. The van der Waals surface area contributed by atoms with Crippen LogP contribution < -0.4 is 0 Å². The Kier molecular flexibility index (Phi) is 2.39. The van der Waals surface area contributed by atoms with Gasteiger partial charge in [0, 0.05) is 4.90 Å². The van der Waals surface area contributed by atoms with Crippen LogP contribution in [0.4, 0.5) is 0 Å². The number of benzene rings is 3. The first kappa shape index (κ1) is 10.5. The minimum Gasteiger partial charge on any atom is -0.0616 e. The van der Waals surface area contributed by atoms with Crippen LogP contribution >= 0.6 is 21.6 Å². The third-order valence-electron chi connectivity index (χ3n) is 3.27. The molecule has 3 aromatic rings. The minimum absolute atomic E-state index is 1.31. The summed E-state index contributed by atoms with van der Waals surface area (Å²) in [5.41, 5.74) is 1.33. The molecule has 2 heteroatoms. The molecule has 0 radical (unpaired) electrons. The van der Waals surface area contributed by atoms with Gasteiger partial charge in [0.25, 0.3) is 0 Å². The Bertz CT molecular complexity index is 788. The Hall–Kier alpha value is -1.38. The molecule has 0 amide bonds. The van der Waals surface area contributed by atoms with Crippen molar-refractivity contribution in [1.82, 2.24) is 0 Å². The van der Waals surface area contributed by atoms with E-state index in [-0.39, 0.29) is 0 Å². The molecular formula is C16H10S2. The Morgan fingerprint density at radius 3 is 2.22 bits per heavy atom. The number of rotatable bonds is 0. The van der Waals surface area contributed by atoms with E-state index in [0.29, 0.717) is 0 Å². The van der Waals surface area contributed by atoms with E-state index in [1.165, 1.54) is 32.0 Å². The van der Waals surface area contributed by atoms with Crippen LogP contribution in [-0.4, -0.2) is 0 Å². The number of hydrogen-bond acceptors (Lipinski definition) is 2. The lowest BCUT2D eigenvalue weighted by Crippen LogP contribution is -1.84. The van der Waals surface area contributed by atoms with Crippen molar-refractivity contribution in [1.29, 1.82) is 0 Å². The fraction of sp³-hybridized carbons (Fsp3) is 0. The molecule has 0 nitrogen and oxygen atoms in total. The Balaban J connectivity index is 2.09. The van der Waals surface area contributed by atoms with Gasteiger partial charge < -0.3 is 0 Å². The van der Waals surface area contributed by atoms with E-state index in [4.69, 9.17) is 0 Å². The smallest absolute Gasteiger partial charge is 0.0265 e. The normalized spacial score (nSPS) is 14.0. The Labute approximate surface area is 113 Å². The summed E-state index contributed by atoms with van der Waals surface area (Å²) in [5.74, 6) is 0. The third-order valence-corrected chi connectivity index (χ3v) is 5.31. The van der Waals surface area contributed by atoms with Gasteiger partial charge in [0.1, 0.15) is 0 Å². The van der Waals surface area contributed by atoms with Crippen LogP contribution in [0, 0.1) is 0 Å². The van der Waals surface area contributed by atoms with Crippen molar-refractivity contribution in [3.8, 4) is 0 Å². The van der Waals surface area contributed by atoms with Gasteiger partial charge in [0.05, 0.1) is 0 Å². The lowest BCUT2D eigenvalue weighted by molar-refractivity contribution is 1.48. The quantitative estimate of drug-likeness (QED) is 0.377. The van der Waals surface area contributed by atoms with Crippen molar-refractivity contribution in [2.45, 2.75) is 4.90 Å². The molecule has 18 heavy (non-hydrogen) atoms. The minimum atomic E-state index is 1.31. The molecule has 1 aliphatic rings. The van der Waals surface area contributed by atoms with E-state index in [9.17, 15) is 0 Å². The fourth-order valence-corrected chi connectivity index (χ4v) is 4.21. The van der Waals surface area contributed by atoms with E-state index >= 15 is 0 Å². The van der Waals surface area contributed by atoms with Gasteiger partial charge in [-0.05, 0) is 62.9 Å². The van der Waals surface area contributed by atoms with Gasteiger partial charge in [-0.25, -0.2) is 0 Å². The summed E-state index contributed by atoms with van der Waals surface area (Å²) in [7, 11) is 3.62. The van der Waals surface area contributed by atoms with E-state index in [0.717, 1.165) is 0 Å². The molecule has 0 N–H and O–H groups in total. The second kappa shape index (κ2) is 4.08. The van der Waals surface area contributed by atoms with Gasteiger partial charge in [-0.15, -0.1) is 0 Å². The van der Waals surface area contributed by atoms with Gasteiger partial charge in [0.15, 0.2) is 0 Å². The molecule has 0 fully saturated rings. The number of fused-ring (bicyclic) bond motifs is 3. The van der Waals surface area contributed by atoms with Crippen molar-refractivity contribution in [2.24, 2.45) is 0 Å². The predicted octanol–water partition coefficient (Wildman–Crippen LogP) is 5.72. The van der Waals surface area contributed by atoms with Crippen LogP contribution in [0.3, 0.4) is 0 Å². The zero-order chi connectivity index (χ0) is 11.9. The van der Waals surface area contributed by atoms with Crippen molar-refractivity contribution in [2.75, 3.05) is 0 Å². The molecule has 0 spiro atoms. The summed E-state index contributed by atoms with van der Waals surface area (Å²) in [5, 5.41) is 7.43. The van der Waals surface area contributed by atoms with Crippen LogP contribution in [0.25, 0.3) is 27.6 Å². The largest absolute Gasteiger partial charge is 0.0616 e. The molecule has 1 heterocycles. The molecule has 1 aliphatic heterocycles. The summed E-state index contributed by atoms with van der Waals surface area (Å²) < 4.78 is 0. The molecule has 0 unspecified atom stereocenters. The van der Waals surface area contributed by atoms with E-state index in [1.54, 1.807) is 10.8 Å². The van der Waals surface area contributed by atoms with Crippen molar-refractivity contribution >= 4 is 49.2 Å². The molecule has 0 bridgehead atoms. The molecule has 0 atom stereocenters. The van der Waals surface area contributed by atoms with Crippen LogP contribution in [0.1, 0.15) is 5.56 Å². The van der Waals surface area contributed by atoms with Gasteiger partial charge in [-0.1, -0.05) is 45.9 Å². The van der Waals surface area contributed by atoms with E-state index in [2.05, 4.69) is 60.0 Å². The molecule has 3 aromatic carbocycles. The monoisotopic (exact) mass is 266 g/mol. The van der Waals surface area contributed by atoms with Crippen LogP contribution in [0.15, 0.2) is 58.8 Å². The van der Waals surface area contributed by atoms with Crippen LogP contribution in [-0.2, 0) is 0 Å². The second-order valence-corrected chi connectivity index (χ2v) is 6.57. The maximum atomic E-state index is 2.30. The average molecular weight is 266 g/mol. The molecule has 0 aromatic heterocycles. The standard InChI is InChI=1S/C16H10S2/c1-2-4-12-8-15-10-16-13(5-6-17-18-16)9-14(15)7-11(12)3-1/h1-10H. The highest BCUT2D eigenvalue weighted by Gasteiger charge is 2.08. The second-order valence-electron chi connectivity index (χ2n) is 4.42. The topological polar surface area (TPSA) is 0 Å². The molecule has 4 rings (SSSR count). The first-order valence-electron chi connectivity index (χ1n) is 5.87. The highest BCUT2D eigenvalue weighted by Crippen LogP contribution is 2.41.